The van der Waals surface area contributed by atoms with Gasteiger partial charge in [-0.1, -0.05) is 0 Å². The van der Waals surface area contributed by atoms with Gasteiger partial charge in [0.05, 0.1) is 12.9 Å². The monoisotopic (exact) mass is 361 g/mol. The maximum absolute atomic E-state index is 11.8. The molecule has 0 aliphatic carbocycles. The zero-order chi connectivity index (χ0) is 17.6. The van der Waals surface area contributed by atoms with E-state index in [1.54, 1.807) is 0 Å². The predicted molar refractivity (Wildman–Crippen MR) is 79.7 cm³/mol. The Morgan fingerprint density at radius 3 is 2.88 bits per heavy atom. The lowest BCUT2D eigenvalue weighted by molar-refractivity contribution is -0.0425. The molecule has 13 heteroatoms. The summed E-state index contributed by atoms with van der Waals surface area (Å²) >= 11 is 0. The second-order valence-corrected chi connectivity index (χ2v) is 6.54. The summed E-state index contributed by atoms with van der Waals surface area (Å²) in [5.41, 5.74) is 5.72. The summed E-state index contributed by atoms with van der Waals surface area (Å²) in [6.45, 7) is -0.495. The van der Waals surface area contributed by atoms with Crippen LogP contribution in [0, 0.1) is 0 Å². The summed E-state index contributed by atoms with van der Waals surface area (Å²) in [4.78, 5) is 37.7. The Labute approximate surface area is 134 Å². The van der Waals surface area contributed by atoms with Gasteiger partial charge >= 0.3 is 13.5 Å². The Kier molecular flexibility index (Phi) is 4.20. The highest BCUT2D eigenvalue weighted by atomic mass is 31.2. The highest BCUT2D eigenvalue weighted by Gasteiger charge is 2.40. The Bertz CT molecular complexity index is 874. The Morgan fingerprint density at radius 2 is 2.25 bits per heavy atom. The molecule has 3 heterocycles. The van der Waals surface area contributed by atoms with E-state index in [1.807, 2.05) is 0 Å². The first kappa shape index (κ1) is 17.0. The van der Waals surface area contributed by atoms with Gasteiger partial charge in [-0.3, -0.25) is 13.7 Å². The van der Waals surface area contributed by atoms with Gasteiger partial charge in [-0.05, 0) is 0 Å². The molecule has 12 nitrogen and oxygen atoms in total. The molecule has 0 unspecified atom stereocenters. The molecule has 132 valence electrons. The standard InChI is InChI=1S/C11H16N5O7P/c1-15-9(12)8-10(14-11(15)18)16(4-13-8)7-2-5(6(3-17)22-7)23-24(19,20)21/h4-7,17H,2-3,12H2,1H3,(H2,19,20,21)/t5-,6+,7+/m0/s1. The lowest BCUT2D eigenvalue weighted by Gasteiger charge is -2.16. The lowest BCUT2D eigenvalue weighted by atomic mass is 10.2. The van der Waals surface area contributed by atoms with E-state index < -0.39 is 38.6 Å². The summed E-state index contributed by atoms with van der Waals surface area (Å²) in [5.74, 6) is 0.128. The predicted octanol–water partition coefficient (Wildman–Crippen LogP) is -1.53. The van der Waals surface area contributed by atoms with E-state index in [9.17, 15) is 14.5 Å². The quantitative estimate of drug-likeness (QED) is 0.467. The minimum Gasteiger partial charge on any atom is -0.394 e. The number of nitrogens with zero attached hydrogens (tertiary/aromatic N) is 4. The third-order valence-corrected chi connectivity index (χ3v) is 4.35. The first-order chi connectivity index (χ1) is 11.2. The van der Waals surface area contributed by atoms with Gasteiger partial charge in [0.2, 0.25) is 0 Å². The van der Waals surface area contributed by atoms with Crippen LogP contribution >= 0.6 is 7.82 Å². The fourth-order valence-electron chi connectivity index (χ4n) is 2.61. The van der Waals surface area contributed by atoms with E-state index in [-0.39, 0.29) is 17.9 Å². The Hall–Kier alpha value is -1.82. The third kappa shape index (κ3) is 2.95. The Morgan fingerprint density at radius 1 is 1.54 bits per heavy atom. The number of ether oxygens (including phenoxy) is 1. The third-order valence-electron chi connectivity index (χ3n) is 3.80. The minimum atomic E-state index is -4.74. The van der Waals surface area contributed by atoms with E-state index in [2.05, 4.69) is 14.5 Å². The molecule has 0 spiro atoms. The van der Waals surface area contributed by atoms with Crippen LogP contribution in [0.25, 0.3) is 11.2 Å². The van der Waals surface area contributed by atoms with Crippen LogP contribution in [0.3, 0.4) is 0 Å². The van der Waals surface area contributed by atoms with E-state index in [0.29, 0.717) is 5.52 Å². The molecule has 0 amide bonds. The number of aromatic nitrogens is 4. The van der Waals surface area contributed by atoms with Crippen LogP contribution in [0.2, 0.25) is 0 Å². The van der Waals surface area contributed by atoms with Crippen molar-refractivity contribution in [2.45, 2.75) is 24.9 Å². The zero-order valence-corrected chi connectivity index (χ0v) is 13.4. The fourth-order valence-corrected chi connectivity index (χ4v) is 3.18. The fraction of sp³-hybridized carbons (Fsp3) is 0.545. The van der Waals surface area contributed by atoms with Gasteiger partial charge in [0, 0.05) is 13.5 Å². The second-order valence-electron chi connectivity index (χ2n) is 5.34. The smallest absolute Gasteiger partial charge is 0.394 e. The van der Waals surface area contributed by atoms with E-state index in [1.165, 1.54) is 17.9 Å². The number of anilines is 1. The minimum absolute atomic E-state index is 0.0264. The van der Waals surface area contributed by atoms with Gasteiger partial charge in [0.25, 0.3) is 0 Å². The molecule has 0 radical (unpaired) electrons. The number of aliphatic hydroxyl groups is 1. The first-order valence-corrected chi connectivity index (χ1v) is 8.43. The highest BCUT2D eigenvalue weighted by Crippen LogP contribution is 2.43. The normalized spacial score (nSPS) is 24.8. The number of phosphoric acid groups is 1. The van der Waals surface area contributed by atoms with Gasteiger partial charge in [-0.15, -0.1) is 0 Å². The number of rotatable bonds is 4. The summed E-state index contributed by atoms with van der Waals surface area (Å²) in [6.07, 6.45) is -1.36. The summed E-state index contributed by atoms with van der Waals surface area (Å²) < 4.78 is 23.8. The van der Waals surface area contributed by atoms with Crippen molar-refractivity contribution in [3.8, 4) is 0 Å². The number of hydrogen-bond donors (Lipinski definition) is 4. The Balaban J connectivity index is 1.97. The van der Waals surface area contributed by atoms with E-state index in [4.69, 9.17) is 20.3 Å². The van der Waals surface area contributed by atoms with Crippen LogP contribution in [0.1, 0.15) is 12.6 Å². The molecule has 0 saturated carbocycles. The maximum Gasteiger partial charge on any atom is 0.469 e. The number of fused-ring (bicyclic) bond motifs is 1. The first-order valence-electron chi connectivity index (χ1n) is 6.90. The van der Waals surface area contributed by atoms with Crippen LogP contribution in [-0.4, -0.2) is 52.8 Å². The molecule has 1 fully saturated rings. The number of hydrogen-bond acceptors (Lipinski definition) is 8. The van der Waals surface area contributed by atoms with E-state index >= 15 is 0 Å². The topological polar surface area (TPSA) is 175 Å². The largest absolute Gasteiger partial charge is 0.469 e. The summed E-state index contributed by atoms with van der Waals surface area (Å²) in [6, 6.07) is 0. The van der Waals surface area contributed by atoms with Crippen molar-refractivity contribution in [2.75, 3.05) is 12.3 Å². The molecule has 0 aromatic carbocycles. The summed E-state index contributed by atoms with van der Waals surface area (Å²) in [7, 11) is -3.28. The van der Waals surface area contributed by atoms with Crippen LogP contribution in [0.15, 0.2) is 11.1 Å². The van der Waals surface area contributed by atoms with Gasteiger partial charge < -0.3 is 25.4 Å². The number of imidazole rings is 1. The van der Waals surface area contributed by atoms with Crippen molar-refractivity contribution in [3.63, 3.8) is 0 Å². The molecule has 24 heavy (non-hydrogen) atoms. The van der Waals surface area contributed by atoms with Crippen LogP contribution < -0.4 is 11.4 Å². The number of phosphoric ester groups is 1. The molecule has 1 aliphatic heterocycles. The summed E-state index contributed by atoms with van der Waals surface area (Å²) in [5, 5.41) is 9.31. The van der Waals surface area contributed by atoms with Gasteiger partial charge in [-0.2, -0.15) is 4.98 Å². The van der Waals surface area contributed by atoms with Crippen molar-refractivity contribution in [3.05, 3.63) is 16.8 Å². The molecule has 3 rings (SSSR count). The van der Waals surface area contributed by atoms with Crippen molar-refractivity contribution in [2.24, 2.45) is 7.05 Å². The number of nitrogens with two attached hydrogens (primary N) is 1. The maximum atomic E-state index is 11.8. The average molecular weight is 361 g/mol. The van der Waals surface area contributed by atoms with Crippen LogP contribution in [0.4, 0.5) is 5.82 Å². The lowest BCUT2D eigenvalue weighted by Crippen LogP contribution is -2.26. The molecule has 5 N–H and O–H groups in total. The van der Waals surface area contributed by atoms with Crippen molar-refractivity contribution in [1.82, 2.24) is 19.1 Å². The van der Waals surface area contributed by atoms with Crippen molar-refractivity contribution in [1.29, 1.82) is 0 Å². The second kappa shape index (κ2) is 5.92. The van der Waals surface area contributed by atoms with Crippen LogP contribution in [-0.2, 0) is 20.9 Å². The van der Waals surface area contributed by atoms with Crippen molar-refractivity contribution >= 4 is 24.8 Å². The number of nitrogen functional groups attached to an aromatic ring is 1. The van der Waals surface area contributed by atoms with Gasteiger partial charge in [-0.25, -0.2) is 14.3 Å². The average Bonchev–Trinajstić information content (AvgIpc) is 3.07. The molecular formula is C11H16N5O7P. The van der Waals surface area contributed by atoms with Gasteiger partial charge in [0.1, 0.15) is 29.8 Å². The number of aliphatic hydroxyl groups excluding tert-OH is 1. The molecule has 2 aromatic heterocycles. The molecule has 3 atom stereocenters. The van der Waals surface area contributed by atoms with E-state index in [0.717, 1.165) is 4.57 Å². The highest BCUT2D eigenvalue weighted by molar-refractivity contribution is 7.46. The molecule has 1 saturated heterocycles. The molecule has 0 bridgehead atoms. The molecule has 1 aliphatic rings. The van der Waals surface area contributed by atoms with Gasteiger partial charge in [0.15, 0.2) is 5.65 Å². The SMILES string of the molecule is Cn1c(N)c2ncn([C@H]3C[C@H](OP(=O)(O)O)[C@@H](CO)O3)c2nc1=O. The van der Waals surface area contributed by atoms with Crippen molar-refractivity contribution < 1.29 is 28.7 Å². The molecular weight excluding hydrogens is 345 g/mol. The molecule has 2 aromatic rings. The van der Waals surface area contributed by atoms with Crippen LogP contribution in [0.5, 0.6) is 0 Å². The zero-order valence-electron chi connectivity index (χ0n) is 12.5.